The van der Waals surface area contributed by atoms with Gasteiger partial charge in [-0.05, 0) is 37.1 Å². The summed E-state index contributed by atoms with van der Waals surface area (Å²) in [5, 5.41) is 5.15. The predicted octanol–water partition coefficient (Wildman–Crippen LogP) is 2.36. The van der Waals surface area contributed by atoms with Crippen LogP contribution in [-0.2, 0) is 10.0 Å². The van der Waals surface area contributed by atoms with Crippen molar-refractivity contribution in [2.45, 2.75) is 18.7 Å². The minimum atomic E-state index is -3.81. The SMILES string of the molecule is C=C(C)COc1c(C)cc(Br)cc1S(N)(=O)=O. The first kappa shape index (κ1) is 14.2. The fourth-order valence-corrected chi connectivity index (χ4v) is 2.78. The number of nitrogens with two attached hydrogens (primary N) is 1. The van der Waals surface area contributed by atoms with Gasteiger partial charge in [0.1, 0.15) is 17.3 Å². The van der Waals surface area contributed by atoms with Crippen molar-refractivity contribution in [3.05, 3.63) is 34.3 Å². The van der Waals surface area contributed by atoms with Crippen LogP contribution in [0.3, 0.4) is 0 Å². The van der Waals surface area contributed by atoms with E-state index in [1.54, 1.807) is 19.9 Å². The van der Waals surface area contributed by atoms with Crippen molar-refractivity contribution in [3.63, 3.8) is 0 Å². The highest BCUT2D eigenvalue weighted by Gasteiger charge is 2.18. The molecule has 6 heteroatoms. The van der Waals surface area contributed by atoms with Crippen molar-refractivity contribution in [1.29, 1.82) is 0 Å². The van der Waals surface area contributed by atoms with Crippen molar-refractivity contribution in [2.24, 2.45) is 5.14 Å². The van der Waals surface area contributed by atoms with Crippen LogP contribution >= 0.6 is 15.9 Å². The molecule has 1 aromatic rings. The van der Waals surface area contributed by atoms with E-state index in [-0.39, 0.29) is 17.3 Å². The molecule has 1 rings (SSSR count). The summed E-state index contributed by atoms with van der Waals surface area (Å²) in [5.74, 6) is 0.277. The number of ether oxygens (including phenoxy) is 1. The van der Waals surface area contributed by atoms with E-state index in [9.17, 15) is 8.42 Å². The van der Waals surface area contributed by atoms with Crippen LogP contribution in [-0.4, -0.2) is 15.0 Å². The first-order valence-electron chi connectivity index (χ1n) is 4.82. The Kier molecular flexibility index (Phi) is 4.35. The Labute approximate surface area is 110 Å². The zero-order chi connectivity index (χ0) is 13.2. The van der Waals surface area contributed by atoms with Gasteiger partial charge < -0.3 is 4.74 Å². The van der Waals surface area contributed by atoms with Crippen molar-refractivity contribution < 1.29 is 13.2 Å². The van der Waals surface area contributed by atoms with Crippen molar-refractivity contribution in [3.8, 4) is 5.75 Å². The molecule has 0 atom stereocenters. The molecule has 0 unspecified atom stereocenters. The molecule has 0 bridgehead atoms. The van der Waals surface area contributed by atoms with E-state index in [2.05, 4.69) is 22.5 Å². The van der Waals surface area contributed by atoms with Crippen LogP contribution in [0.2, 0.25) is 0 Å². The molecule has 0 spiro atoms. The second-order valence-corrected chi connectivity index (χ2v) is 6.29. The van der Waals surface area contributed by atoms with Crippen LogP contribution in [0.15, 0.2) is 33.7 Å². The summed E-state index contributed by atoms with van der Waals surface area (Å²) in [6.07, 6.45) is 0. The van der Waals surface area contributed by atoms with Gasteiger partial charge in [0.2, 0.25) is 10.0 Å². The van der Waals surface area contributed by atoms with Crippen LogP contribution in [0.5, 0.6) is 5.75 Å². The fourth-order valence-electron chi connectivity index (χ4n) is 1.29. The minimum absolute atomic E-state index is 0.0226. The second-order valence-electron chi connectivity index (χ2n) is 3.84. The van der Waals surface area contributed by atoms with Gasteiger partial charge in [-0.25, -0.2) is 13.6 Å². The summed E-state index contributed by atoms with van der Waals surface area (Å²) in [7, 11) is -3.81. The summed E-state index contributed by atoms with van der Waals surface area (Å²) >= 11 is 3.23. The van der Waals surface area contributed by atoms with Crippen LogP contribution < -0.4 is 9.88 Å². The maximum absolute atomic E-state index is 11.5. The smallest absolute Gasteiger partial charge is 0.241 e. The van der Waals surface area contributed by atoms with Crippen molar-refractivity contribution in [2.75, 3.05) is 6.61 Å². The van der Waals surface area contributed by atoms with Crippen molar-refractivity contribution in [1.82, 2.24) is 0 Å². The van der Waals surface area contributed by atoms with Gasteiger partial charge in [-0.2, -0.15) is 0 Å². The first-order valence-corrected chi connectivity index (χ1v) is 7.16. The van der Waals surface area contributed by atoms with E-state index in [1.165, 1.54) is 6.07 Å². The maximum Gasteiger partial charge on any atom is 0.241 e. The number of halogens is 1. The Morgan fingerprint density at radius 2 is 2.12 bits per heavy atom. The zero-order valence-electron chi connectivity index (χ0n) is 9.66. The Bertz CT molecular complexity index is 552. The number of primary sulfonamides is 1. The summed E-state index contributed by atoms with van der Waals surface area (Å²) in [5.41, 5.74) is 1.50. The molecule has 0 saturated heterocycles. The third-order valence-electron chi connectivity index (χ3n) is 1.97. The molecular weight excluding hydrogens is 306 g/mol. The molecule has 0 heterocycles. The van der Waals surface area contributed by atoms with Gasteiger partial charge in [-0.15, -0.1) is 0 Å². The average Bonchev–Trinajstić information content (AvgIpc) is 2.13. The van der Waals surface area contributed by atoms with E-state index in [0.717, 1.165) is 5.57 Å². The zero-order valence-corrected chi connectivity index (χ0v) is 12.1. The van der Waals surface area contributed by atoms with Crippen LogP contribution in [0, 0.1) is 6.92 Å². The normalized spacial score (nSPS) is 11.3. The highest BCUT2D eigenvalue weighted by molar-refractivity contribution is 9.10. The minimum Gasteiger partial charge on any atom is -0.488 e. The summed E-state index contributed by atoms with van der Waals surface area (Å²) in [6.45, 7) is 7.50. The van der Waals surface area contributed by atoms with Crippen LogP contribution in [0.4, 0.5) is 0 Å². The number of hydrogen-bond donors (Lipinski definition) is 1. The number of hydrogen-bond acceptors (Lipinski definition) is 3. The molecule has 94 valence electrons. The molecule has 0 radical (unpaired) electrons. The highest BCUT2D eigenvalue weighted by atomic mass is 79.9. The molecule has 1 aromatic carbocycles. The number of benzene rings is 1. The van der Waals surface area contributed by atoms with Gasteiger partial charge in [0, 0.05) is 4.47 Å². The summed E-state index contributed by atoms with van der Waals surface area (Å²) in [6, 6.07) is 3.19. The molecular formula is C11H14BrNO3S. The lowest BCUT2D eigenvalue weighted by Gasteiger charge is -2.13. The summed E-state index contributed by atoms with van der Waals surface area (Å²) < 4.78 is 29.0. The van der Waals surface area contributed by atoms with E-state index in [0.29, 0.717) is 10.0 Å². The lowest BCUT2D eigenvalue weighted by atomic mass is 10.2. The van der Waals surface area contributed by atoms with E-state index in [4.69, 9.17) is 9.88 Å². The van der Waals surface area contributed by atoms with Gasteiger partial charge >= 0.3 is 0 Å². The fraction of sp³-hybridized carbons (Fsp3) is 0.273. The Hall–Kier alpha value is -0.850. The van der Waals surface area contributed by atoms with E-state index < -0.39 is 10.0 Å². The molecule has 0 amide bonds. The molecule has 0 aromatic heterocycles. The number of sulfonamides is 1. The lowest BCUT2D eigenvalue weighted by molar-refractivity contribution is 0.340. The molecule has 0 aliphatic carbocycles. The molecule has 0 aliphatic rings. The Morgan fingerprint density at radius 1 is 1.53 bits per heavy atom. The molecule has 0 saturated carbocycles. The van der Waals surface area contributed by atoms with Crippen LogP contribution in [0.25, 0.3) is 0 Å². The van der Waals surface area contributed by atoms with Gasteiger partial charge in [0.05, 0.1) is 0 Å². The molecule has 17 heavy (non-hydrogen) atoms. The molecule has 0 aliphatic heterocycles. The van der Waals surface area contributed by atoms with E-state index >= 15 is 0 Å². The Morgan fingerprint density at radius 3 is 2.59 bits per heavy atom. The first-order chi connectivity index (χ1) is 7.71. The number of rotatable bonds is 4. The molecule has 2 N–H and O–H groups in total. The van der Waals surface area contributed by atoms with Crippen LogP contribution in [0.1, 0.15) is 12.5 Å². The summed E-state index contributed by atoms with van der Waals surface area (Å²) in [4.78, 5) is -0.0226. The maximum atomic E-state index is 11.5. The lowest BCUT2D eigenvalue weighted by Crippen LogP contribution is -2.15. The van der Waals surface area contributed by atoms with Crippen molar-refractivity contribution >= 4 is 26.0 Å². The third-order valence-corrected chi connectivity index (χ3v) is 3.35. The topological polar surface area (TPSA) is 69.4 Å². The molecule has 4 nitrogen and oxygen atoms in total. The Balaban J connectivity index is 3.31. The van der Waals surface area contributed by atoms with Gasteiger partial charge in [0.15, 0.2) is 0 Å². The third kappa shape index (κ3) is 3.83. The predicted molar refractivity (Wildman–Crippen MR) is 70.6 cm³/mol. The van der Waals surface area contributed by atoms with Gasteiger partial charge in [-0.3, -0.25) is 0 Å². The largest absolute Gasteiger partial charge is 0.488 e. The number of aryl methyl sites for hydroxylation is 1. The monoisotopic (exact) mass is 319 g/mol. The second kappa shape index (κ2) is 5.20. The average molecular weight is 320 g/mol. The van der Waals surface area contributed by atoms with Gasteiger partial charge in [0.25, 0.3) is 0 Å². The van der Waals surface area contributed by atoms with Gasteiger partial charge in [-0.1, -0.05) is 22.5 Å². The molecule has 0 fully saturated rings. The highest BCUT2D eigenvalue weighted by Crippen LogP contribution is 2.31. The standard InChI is InChI=1S/C11H14BrNO3S/c1-7(2)6-16-11-8(3)4-9(12)5-10(11)17(13,14)15/h4-5H,1,6H2,2-3H3,(H2,13,14,15). The quantitative estimate of drug-likeness (QED) is 0.866. The van der Waals surface area contributed by atoms with E-state index in [1.807, 2.05) is 0 Å².